The summed E-state index contributed by atoms with van der Waals surface area (Å²) in [6, 6.07) is 13.1. The average molecular weight is 228 g/mol. The Morgan fingerprint density at radius 3 is 2.76 bits per heavy atom. The highest BCUT2D eigenvalue weighted by atomic mass is 16.3. The summed E-state index contributed by atoms with van der Waals surface area (Å²) in [5.41, 5.74) is 3.53. The zero-order chi connectivity index (χ0) is 11.9. The molecule has 1 heterocycles. The number of hydrogen-bond acceptors (Lipinski definition) is 3. The van der Waals surface area contributed by atoms with Crippen molar-refractivity contribution >= 4 is 12.1 Å². The fraction of sp³-hybridized carbons (Fsp3) is 0.0769. The second-order valence-corrected chi connectivity index (χ2v) is 3.42. The number of rotatable bonds is 4. The minimum Gasteiger partial charge on any atom is -0.459 e. The van der Waals surface area contributed by atoms with Crippen molar-refractivity contribution in [2.24, 2.45) is 5.10 Å². The van der Waals surface area contributed by atoms with Gasteiger partial charge >= 0.3 is 5.91 Å². The Balaban J connectivity index is 1.81. The number of nitrogens with zero attached hydrogens (tertiary/aromatic N) is 1. The SMILES string of the molecule is O=C(N/N=C/Cc1ccccc1)c1ccco1. The lowest BCUT2D eigenvalue weighted by Crippen LogP contribution is -2.16. The molecule has 2 aromatic rings. The first-order valence-corrected chi connectivity index (χ1v) is 5.25. The molecule has 1 aromatic heterocycles. The van der Waals surface area contributed by atoms with Crippen molar-refractivity contribution in [3.05, 3.63) is 60.1 Å². The van der Waals surface area contributed by atoms with Crippen LogP contribution in [0.25, 0.3) is 0 Å². The topological polar surface area (TPSA) is 54.6 Å². The molecule has 0 aliphatic heterocycles. The molecule has 0 unspecified atom stereocenters. The minimum atomic E-state index is -0.348. The second-order valence-electron chi connectivity index (χ2n) is 3.42. The van der Waals surface area contributed by atoms with Gasteiger partial charge in [0.25, 0.3) is 0 Å². The maximum absolute atomic E-state index is 11.4. The van der Waals surface area contributed by atoms with Crippen LogP contribution in [0, 0.1) is 0 Å². The van der Waals surface area contributed by atoms with Crippen LogP contribution in [0.1, 0.15) is 16.1 Å². The van der Waals surface area contributed by atoms with Crippen molar-refractivity contribution in [2.75, 3.05) is 0 Å². The highest BCUT2D eigenvalue weighted by Crippen LogP contribution is 1.99. The van der Waals surface area contributed by atoms with Gasteiger partial charge in [0.05, 0.1) is 6.26 Å². The summed E-state index contributed by atoms with van der Waals surface area (Å²) in [5, 5.41) is 3.84. The maximum atomic E-state index is 11.4. The zero-order valence-corrected chi connectivity index (χ0v) is 9.17. The zero-order valence-electron chi connectivity index (χ0n) is 9.17. The van der Waals surface area contributed by atoms with E-state index in [1.165, 1.54) is 6.26 Å². The Morgan fingerprint density at radius 2 is 2.06 bits per heavy atom. The van der Waals surface area contributed by atoms with Gasteiger partial charge in [-0.25, -0.2) is 5.43 Å². The van der Waals surface area contributed by atoms with Gasteiger partial charge in [-0.3, -0.25) is 4.79 Å². The summed E-state index contributed by atoms with van der Waals surface area (Å²) in [5.74, 6) is -0.0961. The van der Waals surface area contributed by atoms with Crippen molar-refractivity contribution in [3.63, 3.8) is 0 Å². The van der Waals surface area contributed by atoms with E-state index in [0.29, 0.717) is 6.42 Å². The molecule has 0 aliphatic rings. The number of hydrogen-bond donors (Lipinski definition) is 1. The average Bonchev–Trinajstić information content (AvgIpc) is 2.89. The van der Waals surface area contributed by atoms with Gasteiger partial charge in [0, 0.05) is 12.6 Å². The normalized spacial score (nSPS) is 10.6. The third-order valence-corrected chi connectivity index (χ3v) is 2.17. The van der Waals surface area contributed by atoms with E-state index in [0.717, 1.165) is 5.56 Å². The Hall–Kier alpha value is -2.36. The van der Waals surface area contributed by atoms with Gasteiger partial charge in [0.1, 0.15) is 0 Å². The molecular weight excluding hydrogens is 216 g/mol. The van der Waals surface area contributed by atoms with Crippen molar-refractivity contribution in [3.8, 4) is 0 Å². The molecular formula is C13H12N2O2. The van der Waals surface area contributed by atoms with Crippen molar-refractivity contribution < 1.29 is 9.21 Å². The predicted molar refractivity (Wildman–Crippen MR) is 64.8 cm³/mol. The number of benzene rings is 1. The number of nitrogens with one attached hydrogen (secondary N) is 1. The van der Waals surface area contributed by atoms with E-state index in [4.69, 9.17) is 4.42 Å². The van der Waals surface area contributed by atoms with Crippen LogP contribution in [0.15, 0.2) is 58.2 Å². The Labute approximate surface area is 99.0 Å². The van der Waals surface area contributed by atoms with E-state index in [1.54, 1.807) is 18.3 Å². The molecule has 4 nitrogen and oxygen atoms in total. The van der Waals surface area contributed by atoms with Gasteiger partial charge in [-0.15, -0.1) is 0 Å². The molecule has 1 N–H and O–H groups in total. The molecule has 2 rings (SSSR count). The van der Waals surface area contributed by atoms with E-state index < -0.39 is 0 Å². The summed E-state index contributed by atoms with van der Waals surface area (Å²) in [7, 11) is 0. The molecule has 4 heteroatoms. The highest BCUT2D eigenvalue weighted by molar-refractivity contribution is 5.91. The molecule has 0 radical (unpaired) electrons. The van der Waals surface area contributed by atoms with E-state index in [-0.39, 0.29) is 11.7 Å². The molecule has 0 fully saturated rings. The molecule has 0 aliphatic carbocycles. The van der Waals surface area contributed by atoms with Crippen molar-refractivity contribution in [1.82, 2.24) is 5.43 Å². The number of furan rings is 1. The smallest absolute Gasteiger partial charge is 0.307 e. The largest absolute Gasteiger partial charge is 0.459 e. The van der Waals surface area contributed by atoms with Crippen molar-refractivity contribution in [2.45, 2.75) is 6.42 Å². The van der Waals surface area contributed by atoms with Gasteiger partial charge in [0.2, 0.25) is 0 Å². The molecule has 0 atom stereocenters. The number of amides is 1. The quantitative estimate of drug-likeness (QED) is 0.644. The first-order valence-electron chi connectivity index (χ1n) is 5.25. The minimum absolute atomic E-state index is 0.252. The molecule has 1 amide bonds. The monoisotopic (exact) mass is 228 g/mol. The van der Waals surface area contributed by atoms with Crippen LogP contribution in [0.3, 0.4) is 0 Å². The Morgan fingerprint density at radius 1 is 1.24 bits per heavy atom. The summed E-state index contributed by atoms with van der Waals surface area (Å²) < 4.78 is 4.92. The lowest BCUT2D eigenvalue weighted by Gasteiger charge is -1.96. The lowest BCUT2D eigenvalue weighted by atomic mass is 10.2. The summed E-state index contributed by atoms with van der Waals surface area (Å²) >= 11 is 0. The first kappa shape index (κ1) is 11.1. The van der Waals surface area contributed by atoms with Gasteiger partial charge < -0.3 is 4.42 Å². The Bertz CT molecular complexity index is 489. The highest BCUT2D eigenvalue weighted by Gasteiger charge is 2.05. The third kappa shape index (κ3) is 3.31. The second kappa shape index (κ2) is 5.65. The number of carbonyl (C=O) groups excluding carboxylic acids is 1. The fourth-order valence-corrected chi connectivity index (χ4v) is 1.33. The number of carbonyl (C=O) groups is 1. The van der Waals surface area contributed by atoms with Gasteiger partial charge in [-0.05, 0) is 17.7 Å². The van der Waals surface area contributed by atoms with Crippen LogP contribution in [0.4, 0.5) is 0 Å². The van der Waals surface area contributed by atoms with E-state index in [1.807, 2.05) is 30.3 Å². The summed E-state index contributed by atoms with van der Waals surface area (Å²) in [6.07, 6.45) is 3.78. The lowest BCUT2D eigenvalue weighted by molar-refractivity contribution is 0.0927. The van der Waals surface area contributed by atoms with E-state index in [2.05, 4.69) is 10.5 Å². The third-order valence-electron chi connectivity index (χ3n) is 2.17. The molecule has 0 saturated carbocycles. The predicted octanol–water partition coefficient (Wildman–Crippen LogP) is 2.24. The van der Waals surface area contributed by atoms with Gasteiger partial charge in [-0.2, -0.15) is 5.10 Å². The van der Waals surface area contributed by atoms with Gasteiger partial charge in [-0.1, -0.05) is 30.3 Å². The molecule has 17 heavy (non-hydrogen) atoms. The van der Waals surface area contributed by atoms with E-state index >= 15 is 0 Å². The molecule has 0 saturated heterocycles. The first-order chi connectivity index (χ1) is 8.36. The fourth-order valence-electron chi connectivity index (χ4n) is 1.33. The molecule has 0 bridgehead atoms. The maximum Gasteiger partial charge on any atom is 0.307 e. The van der Waals surface area contributed by atoms with Crippen LogP contribution in [-0.4, -0.2) is 12.1 Å². The summed E-state index contributed by atoms with van der Waals surface area (Å²) in [4.78, 5) is 11.4. The number of hydrazone groups is 1. The van der Waals surface area contributed by atoms with Gasteiger partial charge in [0.15, 0.2) is 5.76 Å². The van der Waals surface area contributed by atoms with Crippen LogP contribution in [0.2, 0.25) is 0 Å². The molecule has 0 spiro atoms. The molecule has 86 valence electrons. The standard InChI is InChI=1S/C13H12N2O2/c16-13(12-7-4-10-17-12)15-14-9-8-11-5-2-1-3-6-11/h1-7,9-10H,8H2,(H,15,16)/b14-9+. The van der Waals surface area contributed by atoms with Crippen LogP contribution in [-0.2, 0) is 6.42 Å². The van der Waals surface area contributed by atoms with Crippen molar-refractivity contribution in [1.29, 1.82) is 0 Å². The van der Waals surface area contributed by atoms with Crippen LogP contribution < -0.4 is 5.43 Å². The Kier molecular flexibility index (Phi) is 3.70. The summed E-state index contributed by atoms with van der Waals surface area (Å²) in [6.45, 7) is 0. The van der Waals surface area contributed by atoms with Crippen LogP contribution >= 0.6 is 0 Å². The molecule has 1 aromatic carbocycles. The van der Waals surface area contributed by atoms with E-state index in [9.17, 15) is 4.79 Å². The van der Waals surface area contributed by atoms with Crippen LogP contribution in [0.5, 0.6) is 0 Å².